The summed E-state index contributed by atoms with van der Waals surface area (Å²) >= 11 is 0. The van der Waals surface area contributed by atoms with Crippen LogP contribution in [0.3, 0.4) is 0 Å². The van der Waals surface area contributed by atoms with Gasteiger partial charge in [-0.2, -0.15) is 0 Å². The van der Waals surface area contributed by atoms with Crippen molar-refractivity contribution in [1.82, 2.24) is 0 Å². The Hall–Kier alpha value is -1.10. The second kappa shape index (κ2) is 3.73. The Kier molecular flexibility index (Phi) is 2.66. The monoisotopic (exact) mass is 233 g/mol. The Labute approximate surface area is 90.3 Å². The molecule has 0 amide bonds. The molecule has 1 aromatic rings. The van der Waals surface area contributed by atoms with Crippen molar-refractivity contribution in [3.05, 3.63) is 34.9 Å². The Morgan fingerprint density at radius 3 is 1.81 bits per heavy atom. The van der Waals surface area contributed by atoms with Gasteiger partial charge < -0.3 is 5.73 Å². The summed E-state index contributed by atoms with van der Waals surface area (Å²) in [6, 6.07) is 0.201. The van der Waals surface area contributed by atoms with Gasteiger partial charge in [-0.15, -0.1) is 0 Å². The van der Waals surface area contributed by atoms with Gasteiger partial charge in [-0.25, -0.2) is 17.6 Å². The number of halogens is 4. The lowest BCUT2D eigenvalue weighted by atomic mass is 9.88. The minimum absolute atomic E-state index is 0.201. The van der Waals surface area contributed by atoms with Crippen LogP contribution >= 0.6 is 0 Å². The van der Waals surface area contributed by atoms with Gasteiger partial charge in [0.1, 0.15) is 0 Å². The fourth-order valence-corrected chi connectivity index (χ4v) is 2.27. The Morgan fingerprint density at radius 1 is 0.938 bits per heavy atom. The molecule has 16 heavy (non-hydrogen) atoms. The molecule has 1 fully saturated rings. The highest BCUT2D eigenvalue weighted by atomic mass is 19.2. The van der Waals surface area contributed by atoms with E-state index < -0.39 is 34.4 Å². The number of hydrogen-bond acceptors (Lipinski definition) is 1. The van der Waals surface area contributed by atoms with Gasteiger partial charge in [0.15, 0.2) is 23.3 Å². The second-order valence-corrected chi connectivity index (χ2v) is 4.21. The van der Waals surface area contributed by atoms with Gasteiger partial charge >= 0.3 is 0 Å². The molecule has 0 saturated heterocycles. The summed E-state index contributed by atoms with van der Waals surface area (Å²) in [7, 11) is 0. The van der Waals surface area contributed by atoms with E-state index in [0.29, 0.717) is 25.7 Å². The van der Waals surface area contributed by atoms with Crippen LogP contribution in [-0.4, -0.2) is 0 Å². The maximum atomic E-state index is 13.5. The van der Waals surface area contributed by atoms with Crippen molar-refractivity contribution in [2.75, 3.05) is 0 Å². The molecule has 1 aliphatic rings. The van der Waals surface area contributed by atoms with Crippen molar-refractivity contribution < 1.29 is 17.6 Å². The predicted molar refractivity (Wildman–Crippen MR) is 50.6 cm³/mol. The summed E-state index contributed by atoms with van der Waals surface area (Å²) in [6.07, 6.45) is 2.08. The number of benzene rings is 1. The number of rotatable bonds is 1. The molecule has 1 saturated carbocycles. The van der Waals surface area contributed by atoms with Crippen molar-refractivity contribution in [3.8, 4) is 0 Å². The van der Waals surface area contributed by atoms with E-state index in [1.165, 1.54) is 0 Å². The van der Waals surface area contributed by atoms with E-state index in [9.17, 15) is 17.6 Å². The molecule has 2 N–H and O–H groups in total. The summed E-state index contributed by atoms with van der Waals surface area (Å²) in [5, 5.41) is 0. The summed E-state index contributed by atoms with van der Waals surface area (Å²) in [5.74, 6) is -5.54. The smallest absolute Gasteiger partial charge is 0.167 e. The lowest BCUT2D eigenvalue weighted by molar-refractivity contribution is 0.367. The first-order valence-electron chi connectivity index (χ1n) is 5.08. The largest absolute Gasteiger partial charge is 0.321 e. The Balaban J connectivity index is 2.63. The first-order chi connectivity index (χ1) is 7.46. The van der Waals surface area contributed by atoms with E-state index in [1.54, 1.807) is 0 Å². The minimum Gasteiger partial charge on any atom is -0.321 e. The fraction of sp³-hybridized carbons (Fsp3) is 0.455. The first kappa shape index (κ1) is 11.4. The molecule has 0 radical (unpaired) electrons. The van der Waals surface area contributed by atoms with Crippen molar-refractivity contribution >= 4 is 0 Å². The molecule has 1 aromatic carbocycles. The molecule has 1 aliphatic carbocycles. The predicted octanol–water partition coefficient (Wildman–Crippen LogP) is 2.97. The summed E-state index contributed by atoms with van der Waals surface area (Å²) in [4.78, 5) is 0. The van der Waals surface area contributed by atoms with Crippen LogP contribution in [0.1, 0.15) is 31.2 Å². The molecular weight excluding hydrogens is 222 g/mol. The van der Waals surface area contributed by atoms with Gasteiger partial charge in [0, 0.05) is 17.2 Å². The fourth-order valence-electron chi connectivity index (χ4n) is 2.27. The average molecular weight is 233 g/mol. The van der Waals surface area contributed by atoms with E-state index in [2.05, 4.69) is 0 Å². The van der Waals surface area contributed by atoms with Gasteiger partial charge in [0.05, 0.1) is 0 Å². The molecule has 5 heteroatoms. The zero-order valence-electron chi connectivity index (χ0n) is 8.49. The van der Waals surface area contributed by atoms with Crippen LogP contribution in [0.4, 0.5) is 17.6 Å². The van der Waals surface area contributed by atoms with Crippen LogP contribution in [-0.2, 0) is 5.54 Å². The highest BCUT2D eigenvalue weighted by molar-refractivity contribution is 5.30. The van der Waals surface area contributed by atoms with Gasteiger partial charge in [0.2, 0.25) is 0 Å². The molecule has 2 rings (SSSR count). The zero-order chi connectivity index (χ0) is 11.9. The van der Waals surface area contributed by atoms with Crippen LogP contribution in [0.15, 0.2) is 6.07 Å². The van der Waals surface area contributed by atoms with Crippen LogP contribution in [0.5, 0.6) is 0 Å². The van der Waals surface area contributed by atoms with Crippen molar-refractivity contribution in [3.63, 3.8) is 0 Å². The summed E-state index contributed by atoms with van der Waals surface area (Å²) in [5.41, 5.74) is 3.88. The van der Waals surface area contributed by atoms with Crippen LogP contribution in [0, 0.1) is 23.3 Å². The minimum atomic E-state index is -1.40. The van der Waals surface area contributed by atoms with E-state index in [4.69, 9.17) is 5.73 Å². The average Bonchev–Trinajstić information content (AvgIpc) is 2.63. The third-order valence-corrected chi connectivity index (χ3v) is 3.11. The highest BCUT2D eigenvalue weighted by Crippen LogP contribution is 2.39. The maximum Gasteiger partial charge on any atom is 0.167 e. The zero-order valence-corrected chi connectivity index (χ0v) is 8.49. The lowest BCUT2D eigenvalue weighted by Crippen LogP contribution is -2.36. The van der Waals surface area contributed by atoms with Gasteiger partial charge in [-0.3, -0.25) is 0 Å². The third-order valence-electron chi connectivity index (χ3n) is 3.11. The molecule has 0 bridgehead atoms. The number of hydrogen-bond donors (Lipinski definition) is 1. The van der Waals surface area contributed by atoms with Gasteiger partial charge in [-0.05, 0) is 12.8 Å². The van der Waals surface area contributed by atoms with E-state index in [-0.39, 0.29) is 6.07 Å². The molecule has 0 atom stereocenters. The second-order valence-electron chi connectivity index (χ2n) is 4.21. The molecule has 0 aromatic heterocycles. The Bertz CT molecular complexity index is 398. The van der Waals surface area contributed by atoms with Crippen molar-refractivity contribution in [1.29, 1.82) is 0 Å². The van der Waals surface area contributed by atoms with E-state index in [1.807, 2.05) is 0 Å². The van der Waals surface area contributed by atoms with E-state index in [0.717, 1.165) is 0 Å². The normalized spacial score (nSPS) is 19.1. The molecular formula is C11H11F4N. The quantitative estimate of drug-likeness (QED) is 0.585. The molecule has 0 aliphatic heterocycles. The van der Waals surface area contributed by atoms with E-state index >= 15 is 0 Å². The topological polar surface area (TPSA) is 26.0 Å². The third kappa shape index (κ3) is 1.59. The molecule has 0 spiro atoms. The van der Waals surface area contributed by atoms with Gasteiger partial charge in [0.25, 0.3) is 0 Å². The summed E-state index contributed by atoms with van der Waals surface area (Å²) in [6.45, 7) is 0. The Morgan fingerprint density at radius 2 is 1.38 bits per heavy atom. The van der Waals surface area contributed by atoms with Crippen LogP contribution in [0.2, 0.25) is 0 Å². The van der Waals surface area contributed by atoms with Crippen molar-refractivity contribution in [2.24, 2.45) is 5.73 Å². The van der Waals surface area contributed by atoms with Crippen molar-refractivity contribution in [2.45, 2.75) is 31.2 Å². The molecule has 88 valence electrons. The lowest BCUT2D eigenvalue weighted by Gasteiger charge is -2.25. The molecule has 1 nitrogen and oxygen atoms in total. The highest BCUT2D eigenvalue weighted by Gasteiger charge is 2.38. The molecule has 0 unspecified atom stereocenters. The molecule has 0 heterocycles. The first-order valence-corrected chi connectivity index (χ1v) is 5.08. The summed E-state index contributed by atoms with van der Waals surface area (Å²) < 4.78 is 53.0. The SMILES string of the molecule is NC1(c2c(F)c(F)cc(F)c2F)CCCC1. The van der Waals surface area contributed by atoms with Crippen LogP contribution < -0.4 is 5.73 Å². The standard InChI is InChI=1S/C11H11F4N/c12-6-5-7(13)10(15)8(9(6)14)11(16)3-1-2-4-11/h5H,1-4,16H2. The van der Waals surface area contributed by atoms with Crippen LogP contribution in [0.25, 0.3) is 0 Å². The maximum absolute atomic E-state index is 13.5. The number of nitrogens with two attached hydrogens (primary N) is 1. The van der Waals surface area contributed by atoms with Gasteiger partial charge in [-0.1, -0.05) is 12.8 Å².